The Balaban J connectivity index is 1.34. The van der Waals surface area contributed by atoms with Crippen LogP contribution in [0.3, 0.4) is 0 Å². The maximum absolute atomic E-state index is 13.4. The van der Waals surface area contributed by atoms with Crippen LogP contribution in [0.5, 0.6) is 11.5 Å². The minimum Gasteiger partial charge on any atom is -0.494 e. The van der Waals surface area contributed by atoms with E-state index in [4.69, 9.17) is 14.6 Å². The predicted octanol–water partition coefficient (Wildman–Crippen LogP) is 6.19. The first-order chi connectivity index (χ1) is 20.6. The number of unbranched alkanes of at least 4 members (excludes halogenated alkanes) is 1. The lowest BCUT2D eigenvalue weighted by atomic mass is 10.1. The summed E-state index contributed by atoms with van der Waals surface area (Å²) in [5.74, 6) is 2.13. The van der Waals surface area contributed by atoms with E-state index in [0.717, 1.165) is 58.8 Å². The summed E-state index contributed by atoms with van der Waals surface area (Å²) in [5.41, 5.74) is 4.06. The highest BCUT2D eigenvalue weighted by Gasteiger charge is 2.15. The molecule has 0 amide bonds. The third kappa shape index (κ3) is 5.82. The monoisotopic (exact) mass is 577 g/mol. The van der Waals surface area contributed by atoms with Crippen molar-refractivity contribution in [2.45, 2.75) is 33.1 Å². The summed E-state index contributed by atoms with van der Waals surface area (Å²) in [6.45, 7) is 5.58. The van der Waals surface area contributed by atoms with Crippen molar-refractivity contribution in [1.82, 2.24) is 24.4 Å². The molecule has 0 spiro atoms. The average molecular weight is 578 g/mol. The molecule has 3 aromatic carbocycles. The summed E-state index contributed by atoms with van der Waals surface area (Å²) in [4.78, 5) is 18.6. The van der Waals surface area contributed by atoms with Gasteiger partial charge in [0, 0.05) is 22.9 Å². The van der Waals surface area contributed by atoms with Gasteiger partial charge in [0.1, 0.15) is 17.2 Å². The fourth-order valence-corrected chi connectivity index (χ4v) is 5.39. The van der Waals surface area contributed by atoms with E-state index in [9.17, 15) is 4.79 Å². The van der Waals surface area contributed by atoms with E-state index in [1.54, 1.807) is 0 Å². The smallest absolute Gasteiger partial charge is 0.291 e. The van der Waals surface area contributed by atoms with Gasteiger partial charge in [-0.05, 0) is 79.6 Å². The molecule has 212 valence electrons. The van der Waals surface area contributed by atoms with E-state index < -0.39 is 0 Å². The van der Waals surface area contributed by atoms with Crippen LogP contribution in [0.15, 0.2) is 89.9 Å². The number of para-hydroxylation sites is 1. The van der Waals surface area contributed by atoms with E-state index in [0.29, 0.717) is 28.5 Å². The van der Waals surface area contributed by atoms with Gasteiger partial charge in [-0.1, -0.05) is 49.8 Å². The Morgan fingerprint density at radius 1 is 0.810 bits per heavy atom. The van der Waals surface area contributed by atoms with E-state index in [-0.39, 0.29) is 5.56 Å². The Labute approximate surface area is 247 Å². The maximum Gasteiger partial charge on any atom is 0.291 e. The van der Waals surface area contributed by atoms with Crippen LogP contribution in [0.2, 0.25) is 0 Å². The van der Waals surface area contributed by atoms with Gasteiger partial charge in [-0.15, -0.1) is 5.10 Å². The van der Waals surface area contributed by atoms with Crippen molar-refractivity contribution in [1.29, 1.82) is 0 Å². The molecule has 0 aliphatic carbocycles. The van der Waals surface area contributed by atoms with Gasteiger partial charge in [0.05, 0.1) is 23.4 Å². The first-order valence-corrected chi connectivity index (χ1v) is 15.0. The van der Waals surface area contributed by atoms with Gasteiger partial charge < -0.3 is 9.47 Å². The molecule has 0 bridgehead atoms. The molecular formula is C33H31N5O3S. The molecule has 0 saturated heterocycles. The summed E-state index contributed by atoms with van der Waals surface area (Å²) in [7, 11) is 0. The Kier molecular flexibility index (Phi) is 8.09. The molecule has 6 aromatic rings. The van der Waals surface area contributed by atoms with Gasteiger partial charge in [-0.25, -0.2) is 4.68 Å². The van der Waals surface area contributed by atoms with Crippen molar-refractivity contribution in [3.8, 4) is 39.8 Å². The van der Waals surface area contributed by atoms with E-state index >= 15 is 0 Å². The van der Waals surface area contributed by atoms with Crippen molar-refractivity contribution in [3.63, 3.8) is 0 Å². The lowest BCUT2D eigenvalue weighted by molar-refractivity contribution is 0.309. The minimum absolute atomic E-state index is 0.213. The molecule has 0 unspecified atom stereocenters. The molecule has 9 heteroatoms. The van der Waals surface area contributed by atoms with Gasteiger partial charge >= 0.3 is 0 Å². The van der Waals surface area contributed by atoms with Crippen LogP contribution in [-0.2, 0) is 0 Å². The number of hydrogen-bond acceptors (Lipinski definition) is 7. The average Bonchev–Trinajstić information content (AvgIpc) is 3.72. The molecule has 0 fully saturated rings. The van der Waals surface area contributed by atoms with Gasteiger partial charge in [0.25, 0.3) is 5.56 Å². The van der Waals surface area contributed by atoms with Gasteiger partial charge in [-0.3, -0.25) is 4.79 Å². The normalized spacial score (nSPS) is 11.8. The molecule has 0 atom stereocenters. The molecule has 42 heavy (non-hydrogen) atoms. The SMILES string of the molecule is CCCCOc1ccc(-c2nc3s/c(=C\c4cn(-c5ccccc5)nc4-c4ccc(OCCC)cc4)c(=O)n3n2)cc1. The van der Waals surface area contributed by atoms with Gasteiger partial charge in [0.2, 0.25) is 4.96 Å². The largest absolute Gasteiger partial charge is 0.494 e. The Morgan fingerprint density at radius 2 is 1.50 bits per heavy atom. The Hall–Kier alpha value is -4.76. The number of aromatic nitrogens is 5. The van der Waals surface area contributed by atoms with E-state index in [1.165, 1.54) is 15.9 Å². The zero-order chi connectivity index (χ0) is 28.9. The number of fused-ring (bicyclic) bond motifs is 1. The second-order valence-corrected chi connectivity index (χ2v) is 10.9. The van der Waals surface area contributed by atoms with Crippen LogP contribution >= 0.6 is 11.3 Å². The quantitative estimate of drug-likeness (QED) is 0.171. The van der Waals surface area contributed by atoms with Crippen LogP contribution in [0.4, 0.5) is 0 Å². The molecular weight excluding hydrogens is 546 g/mol. The number of benzene rings is 3. The predicted molar refractivity (Wildman–Crippen MR) is 167 cm³/mol. The first kappa shape index (κ1) is 27.4. The zero-order valence-corrected chi connectivity index (χ0v) is 24.4. The second-order valence-electron chi connectivity index (χ2n) is 9.86. The Morgan fingerprint density at radius 3 is 2.17 bits per heavy atom. The number of ether oxygens (including phenoxy) is 2. The summed E-state index contributed by atoms with van der Waals surface area (Å²) >= 11 is 1.31. The number of hydrogen-bond donors (Lipinski definition) is 0. The van der Waals surface area contributed by atoms with Crippen molar-refractivity contribution in [3.05, 3.63) is 106 Å². The van der Waals surface area contributed by atoms with E-state index in [2.05, 4.69) is 23.9 Å². The zero-order valence-electron chi connectivity index (χ0n) is 23.6. The first-order valence-electron chi connectivity index (χ1n) is 14.2. The molecule has 0 aliphatic heterocycles. The van der Waals surface area contributed by atoms with Crippen LogP contribution in [-0.4, -0.2) is 37.6 Å². The summed E-state index contributed by atoms with van der Waals surface area (Å²) in [6.07, 6.45) is 6.86. The van der Waals surface area contributed by atoms with Crippen LogP contribution in [0.25, 0.3) is 39.4 Å². The summed E-state index contributed by atoms with van der Waals surface area (Å²) < 4.78 is 15.3. The van der Waals surface area contributed by atoms with Gasteiger partial charge in [-0.2, -0.15) is 14.6 Å². The van der Waals surface area contributed by atoms with Crippen LogP contribution < -0.4 is 19.6 Å². The molecule has 0 radical (unpaired) electrons. The molecule has 6 rings (SSSR count). The lowest BCUT2D eigenvalue weighted by Gasteiger charge is -2.05. The van der Waals surface area contributed by atoms with Crippen LogP contribution in [0.1, 0.15) is 38.7 Å². The molecule has 3 aromatic heterocycles. The van der Waals surface area contributed by atoms with Crippen molar-refractivity contribution < 1.29 is 9.47 Å². The standard InChI is InChI=1S/C33H31N5O3S/c1-3-5-20-41-28-17-13-24(14-18-28)31-34-33-38(36-31)32(39)29(42-33)21-25-22-37(26-9-7-6-8-10-26)35-30(25)23-11-15-27(16-12-23)40-19-4-2/h6-18,21-22H,3-5,19-20H2,1-2H3/b29-21-. The number of nitrogens with zero attached hydrogens (tertiary/aromatic N) is 5. The molecule has 0 N–H and O–H groups in total. The highest BCUT2D eigenvalue weighted by Crippen LogP contribution is 2.27. The molecule has 0 aliphatic rings. The number of rotatable bonds is 11. The summed E-state index contributed by atoms with van der Waals surface area (Å²) in [5, 5.41) is 9.42. The second kappa shape index (κ2) is 12.4. The minimum atomic E-state index is -0.213. The van der Waals surface area contributed by atoms with Crippen molar-refractivity contribution >= 4 is 22.4 Å². The highest BCUT2D eigenvalue weighted by atomic mass is 32.1. The lowest BCUT2D eigenvalue weighted by Crippen LogP contribution is -2.23. The summed E-state index contributed by atoms with van der Waals surface area (Å²) in [6, 6.07) is 25.4. The van der Waals surface area contributed by atoms with Crippen molar-refractivity contribution in [2.75, 3.05) is 13.2 Å². The van der Waals surface area contributed by atoms with E-state index in [1.807, 2.05) is 95.8 Å². The third-order valence-electron chi connectivity index (χ3n) is 6.71. The van der Waals surface area contributed by atoms with Crippen LogP contribution in [0, 0.1) is 0 Å². The molecule has 8 nitrogen and oxygen atoms in total. The highest BCUT2D eigenvalue weighted by molar-refractivity contribution is 7.15. The topological polar surface area (TPSA) is 83.5 Å². The number of thiazole rings is 1. The third-order valence-corrected chi connectivity index (χ3v) is 7.67. The van der Waals surface area contributed by atoms with Crippen molar-refractivity contribution in [2.24, 2.45) is 0 Å². The fraction of sp³-hybridized carbons (Fsp3) is 0.212. The molecule has 0 saturated carbocycles. The Bertz CT molecular complexity index is 1890. The maximum atomic E-state index is 13.4. The van der Waals surface area contributed by atoms with Gasteiger partial charge in [0.15, 0.2) is 5.82 Å². The fourth-order valence-electron chi connectivity index (χ4n) is 4.49. The molecule has 3 heterocycles.